The summed E-state index contributed by atoms with van der Waals surface area (Å²) in [5.74, 6) is 6.39. The molecule has 0 radical (unpaired) electrons. The Hall–Kier alpha value is -2.56. The van der Waals surface area contributed by atoms with Gasteiger partial charge in [0.1, 0.15) is 11.9 Å². The number of carboxylic acid groups (broad SMARTS) is 1. The zero-order valence-electron chi connectivity index (χ0n) is 21.6. The molecule has 0 spiro atoms. The molecule has 0 bridgehead atoms. The number of likely N-dealkylation sites (tertiary alicyclic amines) is 1. The Morgan fingerprint density at radius 3 is 2.67 bits per heavy atom. The maximum atomic E-state index is 15.6. The maximum absolute atomic E-state index is 15.6. The lowest BCUT2D eigenvalue weighted by Crippen LogP contribution is -2.41. The molecule has 1 aromatic heterocycles. The van der Waals surface area contributed by atoms with Crippen LogP contribution in [0.3, 0.4) is 0 Å². The number of methoxy groups -OCH3 is 1. The van der Waals surface area contributed by atoms with Crippen LogP contribution in [-0.2, 0) is 4.79 Å². The van der Waals surface area contributed by atoms with Crippen LogP contribution in [0.1, 0.15) is 49.4 Å². The van der Waals surface area contributed by atoms with Crippen molar-refractivity contribution in [3.05, 3.63) is 68.8 Å². The van der Waals surface area contributed by atoms with Crippen molar-refractivity contribution in [2.24, 2.45) is 11.8 Å². The predicted octanol–water partition coefficient (Wildman–Crippen LogP) is 7.85. The first-order chi connectivity index (χ1) is 18.7. The van der Waals surface area contributed by atoms with Crippen LogP contribution in [0.5, 0.6) is 5.75 Å². The van der Waals surface area contributed by atoms with E-state index in [1.807, 2.05) is 18.2 Å². The number of halogens is 4. The fourth-order valence-electron chi connectivity index (χ4n) is 5.28. The van der Waals surface area contributed by atoms with Crippen LogP contribution in [0, 0.1) is 23.7 Å². The number of fused-ring (bicyclic) bond motifs is 1. The molecule has 0 aliphatic carbocycles. The molecule has 9 heteroatoms. The van der Waals surface area contributed by atoms with Crippen LogP contribution in [0.2, 0.25) is 15.1 Å². The second-order valence-electron chi connectivity index (χ2n) is 9.85. The highest BCUT2D eigenvalue weighted by molar-refractivity contribution is 6.39. The minimum Gasteiger partial charge on any atom is -0.497 e. The van der Waals surface area contributed by atoms with Crippen molar-refractivity contribution in [2.45, 2.75) is 38.3 Å². The molecule has 2 heterocycles. The summed E-state index contributed by atoms with van der Waals surface area (Å²) < 4.78 is 20.9. The smallest absolute Gasteiger partial charge is 0.303 e. The quantitative estimate of drug-likeness (QED) is 0.257. The molecule has 1 saturated heterocycles. The van der Waals surface area contributed by atoms with Gasteiger partial charge >= 0.3 is 5.97 Å². The van der Waals surface area contributed by atoms with Gasteiger partial charge < -0.3 is 9.84 Å². The summed E-state index contributed by atoms with van der Waals surface area (Å²) in [6.07, 6.45) is 3.01. The van der Waals surface area contributed by atoms with E-state index in [2.05, 4.69) is 21.7 Å². The lowest BCUT2D eigenvalue weighted by atomic mass is 9.79. The number of ether oxygens (including phenoxy) is 1. The fraction of sp³-hybridized carbons (Fsp3) is 0.400. The van der Waals surface area contributed by atoms with E-state index in [1.54, 1.807) is 31.5 Å². The summed E-state index contributed by atoms with van der Waals surface area (Å²) in [5.41, 5.74) is 1.87. The molecule has 0 saturated carbocycles. The standard InChI is InChI=1S/C30H30Cl3FN2O3/c1-39-22-6-8-29-25(17-22)23(10-12-35-29)28(34)7-4-19-11-14-36(18-20(19)5-9-30(37)38)13-2-3-24-26(32)15-21(31)16-27(24)33/h6,8,10,12,15-17,19-20,28H,4-5,7,9,11,13-14,18H2,1H3,(H,37,38)/t19-,20+,28?/m1/s1. The number of nitrogens with zero attached hydrogens (tertiary/aromatic N) is 2. The van der Waals surface area contributed by atoms with Gasteiger partial charge in [-0.2, -0.15) is 0 Å². The van der Waals surface area contributed by atoms with Gasteiger partial charge in [0.15, 0.2) is 0 Å². The van der Waals surface area contributed by atoms with Gasteiger partial charge in [-0.3, -0.25) is 14.7 Å². The van der Waals surface area contributed by atoms with Crippen molar-refractivity contribution in [3.8, 4) is 17.6 Å². The lowest BCUT2D eigenvalue weighted by Gasteiger charge is -2.38. The summed E-state index contributed by atoms with van der Waals surface area (Å²) in [6, 6.07) is 10.4. The van der Waals surface area contributed by atoms with Gasteiger partial charge in [0, 0.05) is 29.6 Å². The Kier molecular flexibility index (Phi) is 10.3. The largest absolute Gasteiger partial charge is 0.497 e. The topological polar surface area (TPSA) is 62.7 Å². The molecule has 4 rings (SSSR count). The Morgan fingerprint density at radius 1 is 1.18 bits per heavy atom. The van der Waals surface area contributed by atoms with Gasteiger partial charge in [0.25, 0.3) is 0 Å². The highest BCUT2D eigenvalue weighted by Gasteiger charge is 2.30. The molecule has 1 aliphatic rings. The molecule has 1 aliphatic heterocycles. The van der Waals surface area contributed by atoms with Crippen LogP contribution < -0.4 is 4.74 Å². The van der Waals surface area contributed by atoms with Crippen LogP contribution in [0.25, 0.3) is 10.9 Å². The molecule has 0 amide bonds. The van der Waals surface area contributed by atoms with E-state index >= 15 is 4.39 Å². The summed E-state index contributed by atoms with van der Waals surface area (Å²) in [6.45, 7) is 2.01. The number of hydrogen-bond acceptors (Lipinski definition) is 4. The summed E-state index contributed by atoms with van der Waals surface area (Å²) in [5, 5.41) is 11.3. The Bertz CT molecular complexity index is 1370. The van der Waals surface area contributed by atoms with Gasteiger partial charge in [0.2, 0.25) is 0 Å². The first kappa shape index (κ1) is 29.4. The van der Waals surface area contributed by atoms with Crippen molar-refractivity contribution < 1.29 is 19.0 Å². The number of aromatic nitrogens is 1. The molecule has 5 nitrogen and oxygen atoms in total. The van der Waals surface area contributed by atoms with Crippen LogP contribution in [0.15, 0.2) is 42.6 Å². The summed E-state index contributed by atoms with van der Waals surface area (Å²) in [4.78, 5) is 17.9. The normalized spacial score (nSPS) is 18.4. The van der Waals surface area contributed by atoms with Crippen molar-refractivity contribution in [3.63, 3.8) is 0 Å². The first-order valence-corrected chi connectivity index (χ1v) is 14.0. The molecule has 3 atom stereocenters. The number of piperidine rings is 1. The fourth-order valence-corrected chi connectivity index (χ4v) is 6.19. The monoisotopic (exact) mass is 590 g/mol. The van der Waals surface area contributed by atoms with Gasteiger partial charge in [0.05, 0.1) is 34.8 Å². The minimum absolute atomic E-state index is 0.0878. The van der Waals surface area contributed by atoms with E-state index in [0.29, 0.717) is 64.3 Å². The molecular formula is C30H30Cl3FN2O3. The molecule has 1 N–H and O–H groups in total. The van der Waals surface area contributed by atoms with E-state index in [-0.39, 0.29) is 18.3 Å². The van der Waals surface area contributed by atoms with Gasteiger partial charge in [-0.1, -0.05) is 46.6 Å². The van der Waals surface area contributed by atoms with E-state index in [9.17, 15) is 9.90 Å². The number of alkyl halides is 1. The van der Waals surface area contributed by atoms with Crippen molar-refractivity contribution in [1.29, 1.82) is 0 Å². The minimum atomic E-state index is -1.15. The predicted molar refractivity (Wildman–Crippen MR) is 155 cm³/mol. The molecule has 39 heavy (non-hydrogen) atoms. The highest BCUT2D eigenvalue weighted by atomic mass is 35.5. The van der Waals surface area contributed by atoms with Crippen LogP contribution in [0.4, 0.5) is 4.39 Å². The molecule has 3 aromatic rings. The van der Waals surface area contributed by atoms with Crippen LogP contribution in [-0.4, -0.2) is 47.7 Å². The number of carbonyl (C=O) groups is 1. The SMILES string of the molecule is COc1ccc2nccc(C(F)CC[C@@H]3CCN(CC#Cc4c(Cl)cc(Cl)cc4Cl)C[C@@H]3CCC(=O)O)c2c1. The van der Waals surface area contributed by atoms with E-state index in [1.165, 1.54) is 0 Å². The average molecular weight is 592 g/mol. The molecule has 1 unspecified atom stereocenters. The number of pyridine rings is 1. The van der Waals surface area contributed by atoms with Crippen molar-refractivity contribution >= 4 is 51.7 Å². The first-order valence-electron chi connectivity index (χ1n) is 12.9. The lowest BCUT2D eigenvalue weighted by molar-refractivity contribution is -0.137. The Morgan fingerprint density at radius 2 is 1.95 bits per heavy atom. The highest BCUT2D eigenvalue weighted by Crippen LogP contribution is 2.36. The average Bonchev–Trinajstić information content (AvgIpc) is 2.91. The number of aliphatic carboxylic acids is 1. The van der Waals surface area contributed by atoms with E-state index in [0.717, 1.165) is 23.9 Å². The maximum Gasteiger partial charge on any atom is 0.303 e. The number of rotatable bonds is 9. The summed E-state index contributed by atoms with van der Waals surface area (Å²) in [7, 11) is 1.58. The molecule has 206 valence electrons. The van der Waals surface area contributed by atoms with Gasteiger partial charge in [-0.15, -0.1) is 0 Å². The second kappa shape index (κ2) is 13.7. The Labute approximate surface area is 243 Å². The Balaban J connectivity index is 1.41. The number of benzene rings is 2. The molecule has 2 aromatic carbocycles. The van der Waals surface area contributed by atoms with Crippen LogP contribution >= 0.6 is 34.8 Å². The number of carboxylic acids is 1. The third-order valence-electron chi connectivity index (χ3n) is 7.34. The zero-order chi connectivity index (χ0) is 27.9. The zero-order valence-corrected chi connectivity index (χ0v) is 23.9. The van der Waals surface area contributed by atoms with Gasteiger partial charge in [-0.05, 0) is 86.0 Å². The van der Waals surface area contributed by atoms with E-state index < -0.39 is 12.1 Å². The van der Waals surface area contributed by atoms with Gasteiger partial charge in [-0.25, -0.2) is 4.39 Å². The number of hydrogen-bond donors (Lipinski definition) is 1. The molecule has 1 fully saturated rings. The van der Waals surface area contributed by atoms with E-state index in [4.69, 9.17) is 39.5 Å². The summed E-state index contributed by atoms with van der Waals surface area (Å²) >= 11 is 18.5. The van der Waals surface area contributed by atoms with Crippen molar-refractivity contribution in [2.75, 3.05) is 26.7 Å². The molecular weight excluding hydrogens is 562 g/mol. The third kappa shape index (κ3) is 7.77. The van der Waals surface area contributed by atoms with Crippen molar-refractivity contribution in [1.82, 2.24) is 9.88 Å². The third-order valence-corrected chi connectivity index (χ3v) is 8.15. The second-order valence-corrected chi connectivity index (χ2v) is 11.1.